The van der Waals surface area contributed by atoms with E-state index in [4.69, 9.17) is 4.42 Å². The average Bonchev–Trinajstić information content (AvgIpc) is 3.65. The number of rotatable bonds is 10. The normalized spacial score (nSPS) is 12.2. The summed E-state index contributed by atoms with van der Waals surface area (Å²) in [7, 11) is -2.84. The van der Waals surface area contributed by atoms with Crippen molar-refractivity contribution in [2.45, 2.75) is 52.2 Å². The van der Waals surface area contributed by atoms with E-state index in [0.29, 0.717) is 0 Å². The Labute approximate surface area is 377 Å². The van der Waals surface area contributed by atoms with E-state index in [1.54, 1.807) is 0 Å². The SMILES string of the molecule is Cc1ccc(N(c2ccc(C)cc2)c2ccc(-c3cc([Si](C)(C)C)cc4c3oc3c(-c5ccc(N(c6ccc(C)cc6)c6ccc(C)cc6)cc5)cc(S(C)(C)C)cc34)cc2)cc1. The molecule has 0 radical (unpaired) electrons. The lowest BCUT2D eigenvalue weighted by Crippen LogP contribution is -2.37. The summed E-state index contributed by atoms with van der Waals surface area (Å²) in [6.07, 6.45) is 7.17. The highest BCUT2D eigenvalue weighted by atomic mass is 32.3. The van der Waals surface area contributed by atoms with Gasteiger partial charge in [-0.1, -0.05) is 132 Å². The molecular weight excluding hydrogens is 801 g/mol. The van der Waals surface area contributed by atoms with Crippen molar-refractivity contribution in [3.8, 4) is 22.3 Å². The lowest BCUT2D eigenvalue weighted by atomic mass is 9.99. The highest BCUT2D eigenvalue weighted by molar-refractivity contribution is 8.32. The van der Waals surface area contributed by atoms with Crippen LogP contribution in [-0.2, 0) is 0 Å². The molecule has 0 atom stereocenters. The second kappa shape index (κ2) is 16.5. The fraction of sp³-hybridized carbons (Fsp3) is 0.172. The molecular formula is C58H58N2OSSi. The van der Waals surface area contributed by atoms with Crippen LogP contribution >= 0.6 is 10.0 Å². The monoisotopic (exact) mass is 858 g/mol. The standard InChI is InChI=1S/C58H58N2OSSi/c1-39-11-23-45(24-12-39)59(46-25-13-40(2)14-26-46)49-31-19-43(20-32-49)53-35-51(62(5,6)7)36-55-56-38-52(63(8,9)10)37-54(58(56)61-57(53)55)44-21-33-50(34-22-44)60(47-27-15-41(3)16-28-47)48-29-17-42(4)18-30-48/h11-38H,1-10H3. The van der Waals surface area contributed by atoms with Crippen molar-refractivity contribution >= 4 is 79.4 Å². The Bertz CT molecular complexity index is 2760. The van der Waals surface area contributed by atoms with Gasteiger partial charge in [0, 0.05) is 56.0 Å². The molecule has 8 aromatic carbocycles. The molecule has 316 valence electrons. The van der Waals surface area contributed by atoms with Crippen LogP contribution in [-0.4, -0.2) is 26.8 Å². The molecule has 0 aliphatic rings. The van der Waals surface area contributed by atoms with E-state index in [-0.39, 0.29) is 0 Å². The molecule has 0 saturated heterocycles. The van der Waals surface area contributed by atoms with Crippen LogP contribution in [0, 0.1) is 27.7 Å². The summed E-state index contributed by atoms with van der Waals surface area (Å²) >= 11 is 0. The molecule has 0 unspecified atom stereocenters. The molecule has 0 aliphatic heterocycles. The third-order valence-electron chi connectivity index (χ3n) is 12.3. The van der Waals surface area contributed by atoms with Gasteiger partial charge in [-0.25, -0.2) is 10.0 Å². The Hall–Kier alpha value is -6.27. The average molecular weight is 859 g/mol. The molecule has 5 heteroatoms. The van der Waals surface area contributed by atoms with E-state index in [1.807, 2.05) is 0 Å². The van der Waals surface area contributed by atoms with Gasteiger partial charge in [0.05, 0.1) is 8.07 Å². The van der Waals surface area contributed by atoms with Crippen LogP contribution in [0.3, 0.4) is 0 Å². The van der Waals surface area contributed by atoms with Gasteiger partial charge in [0.1, 0.15) is 11.2 Å². The van der Waals surface area contributed by atoms with Gasteiger partial charge in [-0.05, 0) is 147 Å². The van der Waals surface area contributed by atoms with Crippen molar-refractivity contribution in [2.24, 2.45) is 0 Å². The maximum Gasteiger partial charge on any atom is 0.143 e. The largest absolute Gasteiger partial charge is 0.455 e. The lowest BCUT2D eigenvalue weighted by molar-refractivity contribution is 0.671. The summed E-state index contributed by atoms with van der Waals surface area (Å²) in [5, 5.41) is 3.80. The van der Waals surface area contributed by atoms with Crippen LogP contribution in [0.2, 0.25) is 19.6 Å². The quantitative estimate of drug-likeness (QED) is 0.128. The van der Waals surface area contributed by atoms with E-state index >= 15 is 0 Å². The van der Waals surface area contributed by atoms with Crippen molar-refractivity contribution < 1.29 is 4.42 Å². The fourth-order valence-electron chi connectivity index (χ4n) is 8.42. The predicted octanol–water partition coefficient (Wildman–Crippen LogP) is 16.7. The van der Waals surface area contributed by atoms with Crippen molar-refractivity contribution in [3.05, 3.63) is 192 Å². The summed E-state index contributed by atoms with van der Waals surface area (Å²) in [5.41, 5.74) is 18.2. The Morgan fingerprint density at radius 2 is 0.683 bits per heavy atom. The number of hydrogen-bond acceptors (Lipinski definition) is 3. The first-order valence-corrected chi connectivity index (χ1v) is 28.3. The number of furan rings is 1. The second-order valence-electron chi connectivity index (χ2n) is 19.0. The van der Waals surface area contributed by atoms with Crippen molar-refractivity contribution in [2.75, 3.05) is 28.6 Å². The second-order valence-corrected chi connectivity index (χ2v) is 28.3. The third-order valence-corrected chi connectivity index (χ3v) is 15.9. The Morgan fingerprint density at radius 3 is 1.00 bits per heavy atom. The van der Waals surface area contributed by atoms with Gasteiger partial charge in [0.2, 0.25) is 0 Å². The van der Waals surface area contributed by atoms with Crippen molar-refractivity contribution in [1.82, 2.24) is 0 Å². The van der Waals surface area contributed by atoms with Gasteiger partial charge in [-0.2, -0.15) is 0 Å². The number of benzene rings is 8. The minimum Gasteiger partial charge on any atom is -0.455 e. The van der Waals surface area contributed by atoms with E-state index in [1.165, 1.54) is 43.1 Å². The zero-order chi connectivity index (χ0) is 44.2. The minimum atomic E-state index is -1.76. The summed E-state index contributed by atoms with van der Waals surface area (Å²) < 4.78 is 7.24. The van der Waals surface area contributed by atoms with Crippen molar-refractivity contribution in [3.63, 3.8) is 0 Å². The van der Waals surface area contributed by atoms with E-state index in [2.05, 4.69) is 246 Å². The Morgan fingerprint density at radius 1 is 0.381 bits per heavy atom. The van der Waals surface area contributed by atoms with Gasteiger partial charge in [0.15, 0.2) is 0 Å². The van der Waals surface area contributed by atoms with Gasteiger partial charge >= 0.3 is 0 Å². The van der Waals surface area contributed by atoms with Gasteiger partial charge in [-0.3, -0.25) is 0 Å². The minimum absolute atomic E-state index is 0.939. The van der Waals surface area contributed by atoms with E-state index < -0.39 is 18.1 Å². The summed E-state index contributed by atoms with van der Waals surface area (Å²) in [6, 6.07) is 63.0. The van der Waals surface area contributed by atoms with Crippen LogP contribution in [0.15, 0.2) is 179 Å². The van der Waals surface area contributed by atoms with Gasteiger partial charge in [-0.15, -0.1) is 0 Å². The topological polar surface area (TPSA) is 19.6 Å². The molecule has 9 aromatic rings. The number of anilines is 6. The van der Waals surface area contributed by atoms with Crippen LogP contribution in [0.1, 0.15) is 22.3 Å². The molecule has 0 N–H and O–H groups in total. The van der Waals surface area contributed by atoms with Crippen LogP contribution < -0.4 is 15.0 Å². The first kappa shape index (κ1) is 42.0. The summed E-state index contributed by atoms with van der Waals surface area (Å²) in [6.45, 7) is 15.9. The molecule has 9 rings (SSSR count). The molecule has 1 heterocycles. The number of fused-ring (bicyclic) bond motifs is 3. The zero-order valence-corrected chi connectivity index (χ0v) is 40.2. The maximum absolute atomic E-state index is 7.24. The summed E-state index contributed by atoms with van der Waals surface area (Å²) in [5.74, 6) is 0. The molecule has 0 spiro atoms. The third kappa shape index (κ3) is 8.48. The molecule has 63 heavy (non-hydrogen) atoms. The van der Waals surface area contributed by atoms with Crippen LogP contribution in [0.25, 0.3) is 44.2 Å². The first-order chi connectivity index (χ1) is 30.1. The van der Waals surface area contributed by atoms with Crippen molar-refractivity contribution in [1.29, 1.82) is 0 Å². The van der Waals surface area contributed by atoms with Crippen LogP contribution in [0.5, 0.6) is 0 Å². The smallest absolute Gasteiger partial charge is 0.143 e. The molecule has 0 amide bonds. The highest BCUT2D eigenvalue weighted by Crippen LogP contribution is 2.51. The molecule has 0 aliphatic carbocycles. The molecule has 3 nitrogen and oxygen atoms in total. The fourth-order valence-corrected chi connectivity index (χ4v) is 10.5. The van der Waals surface area contributed by atoms with Gasteiger partial charge in [0.25, 0.3) is 0 Å². The van der Waals surface area contributed by atoms with Crippen LogP contribution in [0.4, 0.5) is 34.1 Å². The Balaban J connectivity index is 1.19. The number of hydrogen-bond donors (Lipinski definition) is 0. The molecule has 0 bridgehead atoms. The van der Waals surface area contributed by atoms with E-state index in [0.717, 1.165) is 67.5 Å². The van der Waals surface area contributed by atoms with E-state index in [9.17, 15) is 0 Å². The zero-order valence-electron chi connectivity index (χ0n) is 38.4. The highest BCUT2D eigenvalue weighted by Gasteiger charge is 2.25. The lowest BCUT2D eigenvalue weighted by Gasteiger charge is -2.27. The molecule has 0 fully saturated rings. The molecule has 1 aromatic heterocycles. The maximum atomic E-state index is 7.24. The summed E-state index contributed by atoms with van der Waals surface area (Å²) in [4.78, 5) is 6.05. The number of aryl methyl sites for hydroxylation is 4. The first-order valence-electron chi connectivity index (χ1n) is 21.9. The number of nitrogens with zero attached hydrogens (tertiary/aromatic N) is 2. The predicted molar refractivity (Wildman–Crippen MR) is 280 cm³/mol. The molecule has 0 saturated carbocycles. The Kier molecular flexibility index (Phi) is 11.0. The van der Waals surface area contributed by atoms with Gasteiger partial charge < -0.3 is 14.2 Å².